The largest absolute Gasteiger partial charge is 0.497 e. The van der Waals surface area contributed by atoms with Gasteiger partial charge in [-0.15, -0.1) is 0 Å². The Bertz CT molecular complexity index is 1180. The maximum absolute atomic E-state index is 13.4. The Morgan fingerprint density at radius 2 is 1.55 bits per heavy atom. The van der Waals surface area contributed by atoms with Crippen molar-refractivity contribution < 1.29 is 17.7 Å². The fourth-order valence-electron chi connectivity index (χ4n) is 3.37. The highest BCUT2D eigenvalue weighted by Gasteiger charge is 2.52. The molecule has 1 aromatic carbocycles. The van der Waals surface area contributed by atoms with E-state index < -0.39 is 28.3 Å². The number of nitrogens with zero attached hydrogens (tertiary/aromatic N) is 3. The maximum atomic E-state index is 13.4. The molecule has 0 aliphatic carbocycles. The van der Waals surface area contributed by atoms with Crippen molar-refractivity contribution in [3.8, 4) is 0 Å². The van der Waals surface area contributed by atoms with Crippen LogP contribution >= 0.6 is 0 Å². The van der Waals surface area contributed by atoms with E-state index in [2.05, 4.69) is 9.97 Å². The molecule has 0 amide bonds. The maximum Gasteiger partial charge on any atom is 0.497 e. The van der Waals surface area contributed by atoms with Crippen molar-refractivity contribution in [2.75, 3.05) is 0 Å². The zero-order valence-electron chi connectivity index (χ0n) is 17.4. The number of rotatable bonds is 3. The minimum atomic E-state index is -3.85. The third-order valence-electron chi connectivity index (χ3n) is 5.86. The predicted molar refractivity (Wildman–Crippen MR) is 112 cm³/mol. The van der Waals surface area contributed by atoms with Crippen molar-refractivity contribution in [2.24, 2.45) is 0 Å². The minimum Gasteiger partial charge on any atom is -0.399 e. The Balaban J connectivity index is 1.92. The van der Waals surface area contributed by atoms with E-state index in [-0.39, 0.29) is 4.90 Å². The normalized spacial score (nSPS) is 18.5. The molecule has 3 aromatic rings. The summed E-state index contributed by atoms with van der Waals surface area (Å²) in [6.07, 6.45) is 2.91. The summed E-state index contributed by atoms with van der Waals surface area (Å²) >= 11 is 0. The lowest BCUT2D eigenvalue weighted by molar-refractivity contribution is 0.00578. The number of fused-ring (bicyclic) bond motifs is 1. The smallest absolute Gasteiger partial charge is 0.399 e. The second-order valence-corrected chi connectivity index (χ2v) is 10.3. The van der Waals surface area contributed by atoms with Crippen molar-refractivity contribution in [2.45, 2.75) is 57.6 Å². The zero-order chi connectivity index (χ0) is 21.2. The van der Waals surface area contributed by atoms with E-state index in [1.807, 2.05) is 41.5 Å². The standard InChI is InChI=1S/C20H24BN3O4S/c1-13-7-9-15(10-8-13)29(25,26)24-11-16(17-14(2)22-12-23-18(17)24)21-27-19(3,4)20(5,6)28-21/h7-12H,1-6H3. The lowest BCUT2D eigenvalue weighted by Gasteiger charge is -2.32. The van der Waals surface area contributed by atoms with Crippen LogP contribution in [0.4, 0.5) is 0 Å². The van der Waals surface area contributed by atoms with Crippen LogP contribution in [0.1, 0.15) is 39.0 Å². The molecule has 1 saturated heterocycles. The second-order valence-electron chi connectivity index (χ2n) is 8.44. The third-order valence-corrected chi connectivity index (χ3v) is 7.52. The molecular weight excluding hydrogens is 389 g/mol. The molecule has 7 nitrogen and oxygen atoms in total. The first-order valence-electron chi connectivity index (χ1n) is 9.44. The third kappa shape index (κ3) is 3.08. The molecule has 1 aliphatic rings. The fourth-order valence-corrected chi connectivity index (χ4v) is 4.70. The van der Waals surface area contributed by atoms with Crippen LogP contribution in [-0.4, -0.2) is 40.7 Å². The first-order chi connectivity index (χ1) is 13.4. The number of aryl methyl sites for hydroxylation is 2. The van der Waals surface area contributed by atoms with E-state index >= 15 is 0 Å². The highest BCUT2D eigenvalue weighted by molar-refractivity contribution is 7.90. The molecule has 152 valence electrons. The Labute approximate surface area is 171 Å². The van der Waals surface area contributed by atoms with Crippen LogP contribution in [0.15, 0.2) is 41.7 Å². The van der Waals surface area contributed by atoms with Gasteiger partial charge < -0.3 is 9.31 Å². The van der Waals surface area contributed by atoms with Crippen molar-refractivity contribution in [3.05, 3.63) is 48.0 Å². The molecule has 3 heterocycles. The van der Waals surface area contributed by atoms with E-state index in [9.17, 15) is 8.42 Å². The summed E-state index contributed by atoms with van der Waals surface area (Å²) in [4.78, 5) is 8.73. The molecule has 2 aromatic heterocycles. The summed E-state index contributed by atoms with van der Waals surface area (Å²) in [5.41, 5.74) is 1.46. The predicted octanol–water partition coefficient (Wildman–Crippen LogP) is 2.58. The van der Waals surface area contributed by atoms with Crippen LogP contribution in [-0.2, 0) is 19.3 Å². The van der Waals surface area contributed by atoms with E-state index in [1.54, 1.807) is 30.5 Å². The SMILES string of the molecule is Cc1ccc(S(=O)(=O)n2cc(B3OC(C)(C)C(C)(C)O3)c3c(C)ncnc32)cc1. The average Bonchev–Trinajstić information content (AvgIpc) is 3.12. The van der Waals surface area contributed by atoms with Crippen LogP contribution in [0.2, 0.25) is 0 Å². The molecule has 1 fully saturated rings. The second kappa shape index (κ2) is 6.39. The van der Waals surface area contributed by atoms with Gasteiger partial charge in [-0.3, -0.25) is 0 Å². The molecule has 0 N–H and O–H groups in total. The van der Waals surface area contributed by atoms with E-state index in [4.69, 9.17) is 9.31 Å². The van der Waals surface area contributed by atoms with Crippen molar-refractivity contribution in [1.82, 2.24) is 13.9 Å². The van der Waals surface area contributed by atoms with Gasteiger partial charge in [0.2, 0.25) is 0 Å². The quantitative estimate of drug-likeness (QED) is 0.614. The Morgan fingerprint density at radius 3 is 2.14 bits per heavy atom. The topological polar surface area (TPSA) is 83.3 Å². The number of hydrogen-bond acceptors (Lipinski definition) is 6. The molecule has 0 atom stereocenters. The summed E-state index contributed by atoms with van der Waals surface area (Å²) in [6.45, 7) is 11.6. The summed E-state index contributed by atoms with van der Waals surface area (Å²) < 4.78 is 40.3. The Kier molecular flexibility index (Phi) is 4.42. The number of aromatic nitrogens is 3. The Morgan fingerprint density at radius 1 is 0.966 bits per heavy atom. The van der Waals surface area contributed by atoms with Gasteiger partial charge in [-0.2, -0.15) is 0 Å². The fraction of sp³-hybridized carbons (Fsp3) is 0.400. The van der Waals surface area contributed by atoms with Crippen molar-refractivity contribution in [3.63, 3.8) is 0 Å². The van der Waals surface area contributed by atoms with Crippen LogP contribution < -0.4 is 5.46 Å². The summed E-state index contributed by atoms with van der Waals surface area (Å²) in [5, 5.41) is 0.627. The van der Waals surface area contributed by atoms with Gasteiger partial charge in [0, 0.05) is 22.7 Å². The number of benzene rings is 1. The van der Waals surface area contributed by atoms with Gasteiger partial charge in [0.1, 0.15) is 6.33 Å². The summed E-state index contributed by atoms with van der Waals surface area (Å²) in [5.74, 6) is 0. The molecule has 0 saturated carbocycles. The van der Waals surface area contributed by atoms with E-state index in [0.717, 1.165) is 5.56 Å². The first-order valence-corrected chi connectivity index (χ1v) is 10.9. The summed E-state index contributed by atoms with van der Waals surface area (Å²) in [7, 11) is -4.57. The summed E-state index contributed by atoms with van der Waals surface area (Å²) in [6, 6.07) is 6.74. The average molecular weight is 413 g/mol. The van der Waals surface area contributed by atoms with Gasteiger partial charge in [0.05, 0.1) is 16.1 Å². The van der Waals surface area contributed by atoms with Gasteiger partial charge in [0.15, 0.2) is 5.65 Å². The highest BCUT2D eigenvalue weighted by Crippen LogP contribution is 2.37. The lowest BCUT2D eigenvalue weighted by atomic mass is 9.79. The molecule has 29 heavy (non-hydrogen) atoms. The molecule has 0 unspecified atom stereocenters. The monoisotopic (exact) mass is 413 g/mol. The molecule has 0 bridgehead atoms. The van der Waals surface area contributed by atoms with Crippen LogP contribution in [0.25, 0.3) is 11.0 Å². The van der Waals surface area contributed by atoms with Crippen LogP contribution in [0.3, 0.4) is 0 Å². The molecule has 1 aliphatic heterocycles. The van der Waals surface area contributed by atoms with E-state index in [0.29, 0.717) is 22.2 Å². The van der Waals surface area contributed by atoms with Crippen LogP contribution in [0.5, 0.6) is 0 Å². The van der Waals surface area contributed by atoms with Crippen molar-refractivity contribution >= 4 is 33.6 Å². The minimum absolute atomic E-state index is 0.191. The highest BCUT2D eigenvalue weighted by atomic mass is 32.2. The van der Waals surface area contributed by atoms with Gasteiger partial charge in [-0.25, -0.2) is 22.4 Å². The van der Waals surface area contributed by atoms with Gasteiger partial charge in [-0.05, 0) is 53.7 Å². The molecule has 0 spiro atoms. The molecule has 9 heteroatoms. The first kappa shape index (κ1) is 20.1. The van der Waals surface area contributed by atoms with Crippen LogP contribution in [0, 0.1) is 13.8 Å². The number of hydrogen-bond donors (Lipinski definition) is 0. The van der Waals surface area contributed by atoms with Gasteiger partial charge >= 0.3 is 7.12 Å². The van der Waals surface area contributed by atoms with E-state index in [1.165, 1.54) is 10.3 Å². The van der Waals surface area contributed by atoms with Gasteiger partial charge in [-0.1, -0.05) is 17.7 Å². The Hall–Kier alpha value is -2.23. The molecule has 4 rings (SSSR count). The zero-order valence-corrected chi connectivity index (χ0v) is 18.2. The lowest BCUT2D eigenvalue weighted by Crippen LogP contribution is -2.41. The molecule has 0 radical (unpaired) electrons. The molecular formula is C20H24BN3O4S. The van der Waals surface area contributed by atoms with Crippen molar-refractivity contribution in [1.29, 1.82) is 0 Å². The van der Waals surface area contributed by atoms with Gasteiger partial charge in [0.25, 0.3) is 10.0 Å².